The summed E-state index contributed by atoms with van der Waals surface area (Å²) >= 11 is 0. The lowest BCUT2D eigenvalue weighted by molar-refractivity contribution is -0.148. The summed E-state index contributed by atoms with van der Waals surface area (Å²) < 4.78 is 0. The largest absolute Gasteiger partial charge is 0.343 e. The monoisotopic (exact) mass is 288 g/mol. The van der Waals surface area contributed by atoms with Crippen LogP contribution in [0.2, 0.25) is 0 Å². The predicted octanol–water partition coefficient (Wildman–Crippen LogP) is 2.13. The Balaban J connectivity index is 1.83. The van der Waals surface area contributed by atoms with E-state index in [4.69, 9.17) is 0 Å². The number of nitrogens with one attached hydrogen (secondary N) is 1. The van der Waals surface area contributed by atoms with Crippen LogP contribution in [0.4, 0.5) is 0 Å². The molecule has 2 unspecified atom stereocenters. The lowest BCUT2D eigenvalue weighted by atomic mass is 10.0. The second-order valence-electron chi connectivity index (χ2n) is 5.62. The fraction of sp³-hybridized carbons (Fsp3) is 0.529. The van der Waals surface area contributed by atoms with Crippen molar-refractivity contribution in [1.82, 2.24) is 10.2 Å². The number of carbonyl (C=O) groups excluding carboxylic acids is 2. The average Bonchev–Trinajstić information content (AvgIpc) is 2.51. The molecule has 1 aromatic rings. The number of nitrogens with zero attached hydrogens (tertiary/aromatic N) is 1. The minimum atomic E-state index is -0.350. The minimum Gasteiger partial charge on any atom is -0.343 e. The van der Waals surface area contributed by atoms with Gasteiger partial charge in [0.05, 0.1) is 0 Å². The minimum absolute atomic E-state index is 0.0375. The molecular formula is C17H24N2O2. The molecule has 1 aliphatic rings. The molecule has 21 heavy (non-hydrogen) atoms. The van der Waals surface area contributed by atoms with Crippen LogP contribution in [0.15, 0.2) is 30.3 Å². The molecule has 1 fully saturated rings. The fourth-order valence-electron chi connectivity index (χ4n) is 2.72. The Bertz CT molecular complexity index is 487. The molecule has 0 radical (unpaired) electrons. The third-order valence-electron chi connectivity index (χ3n) is 4.11. The Hall–Kier alpha value is -1.84. The number of carbonyl (C=O) groups is 2. The molecule has 0 aliphatic carbocycles. The highest BCUT2D eigenvalue weighted by Gasteiger charge is 2.36. The zero-order chi connectivity index (χ0) is 15.2. The third kappa shape index (κ3) is 3.84. The molecule has 1 saturated heterocycles. The van der Waals surface area contributed by atoms with Gasteiger partial charge in [-0.05, 0) is 38.2 Å². The summed E-state index contributed by atoms with van der Waals surface area (Å²) in [5, 5.41) is 2.78. The van der Waals surface area contributed by atoms with Crippen molar-refractivity contribution in [2.24, 2.45) is 0 Å². The van der Waals surface area contributed by atoms with Crippen LogP contribution < -0.4 is 5.32 Å². The van der Waals surface area contributed by atoms with E-state index < -0.39 is 0 Å². The summed E-state index contributed by atoms with van der Waals surface area (Å²) in [4.78, 5) is 25.9. The highest BCUT2D eigenvalue weighted by molar-refractivity contribution is 5.96. The maximum Gasteiger partial charge on any atom is 0.245 e. The quantitative estimate of drug-likeness (QED) is 0.815. The summed E-state index contributed by atoms with van der Waals surface area (Å²) in [7, 11) is 0. The van der Waals surface area contributed by atoms with Crippen molar-refractivity contribution >= 4 is 11.8 Å². The molecule has 0 saturated carbocycles. The van der Waals surface area contributed by atoms with Crippen molar-refractivity contribution in [2.75, 3.05) is 6.54 Å². The van der Waals surface area contributed by atoms with E-state index in [2.05, 4.69) is 17.4 Å². The van der Waals surface area contributed by atoms with Gasteiger partial charge in [-0.25, -0.2) is 0 Å². The molecule has 4 heteroatoms. The van der Waals surface area contributed by atoms with Crippen molar-refractivity contribution in [2.45, 2.75) is 51.6 Å². The molecule has 0 spiro atoms. The van der Waals surface area contributed by atoms with Gasteiger partial charge in [-0.2, -0.15) is 0 Å². The molecular weight excluding hydrogens is 264 g/mol. The Kier molecular flexibility index (Phi) is 5.37. The molecule has 2 rings (SSSR count). The molecule has 114 valence electrons. The molecule has 1 N–H and O–H groups in total. The third-order valence-corrected chi connectivity index (χ3v) is 4.11. The standard InChI is InChI=1S/C17H24N2O2/c1-3-15-17(21)19(13(2)16(20)18-15)12-8-7-11-14-9-5-4-6-10-14/h4-6,9-10,13,15H,3,7-8,11-12H2,1-2H3,(H,18,20). The first kappa shape index (κ1) is 15.5. The Morgan fingerprint density at radius 2 is 1.86 bits per heavy atom. The lowest BCUT2D eigenvalue weighted by Gasteiger charge is -2.37. The maximum atomic E-state index is 12.3. The molecule has 4 nitrogen and oxygen atoms in total. The van der Waals surface area contributed by atoms with Crippen molar-refractivity contribution < 1.29 is 9.59 Å². The number of hydrogen-bond donors (Lipinski definition) is 1. The van der Waals surface area contributed by atoms with Crippen LogP contribution in [0.25, 0.3) is 0 Å². The van der Waals surface area contributed by atoms with Crippen molar-refractivity contribution in [1.29, 1.82) is 0 Å². The van der Waals surface area contributed by atoms with Crippen molar-refractivity contribution in [3.63, 3.8) is 0 Å². The van der Waals surface area contributed by atoms with Crippen LogP contribution in [0.3, 0.4) is 0 Å². The van der Waals surface area contributed by atoms with E-state index in [0.29, 0.717) is 13.0 Å². The average molecular weight is 288 g/mol. The summed E-state index contributed by atoms with van der Waals surface area (Å²) in [6.07, 6.45) is 3.62. The summed E-state index contributed by atoms with van der Waals surface area (Å²) in [5.74, 6) is 0.0221. The van der Waals surface area contributed by atoms with Gasteiger partial charge in [-0.1, -0.05) is 37.3 Å². The molecule has 0 aromatic heterocycles. The van der Waals surface area contributed by atoms with Crippen molar-refractivity contribution in [3.05, 3.63) is 35.9 Å². The van der Waals surface area contributed by atoms with Gasteiger partial charge in [0.25, 0.3) is 0 Å². The number of aryl methyl sites for hydroxylation is 1. The molecule has 1 aliphatic heterocycles. The van der Waals surface area contributed by atoms with Gasteiger partial charge in [0, 0.05) is 6.54 Å². The van der Waals surface area contributed by atoms with E-state index in [0.717, 1.165) is 19.3 Å². The Morgan fingerprint density at radius 1 is 1.14 bits per heavy atom. The summed E-state index contributed by atoms with van der Waals surface area (Å²) in [6, 6.07) is 9.65. The number of rotatable bonds is 6. The number of piperazine rings is 1. The van der Waals surface area contributed by atoms with Crippen LogP contribution in [0.5, 0.6) is 0 Å². The zero-order valence-electron chi connectivity index (χ0n) is 12.8. The van der Waals surface area contributed by atoms with Gasteiger partial charge in [0.1, 0.15) is 12.1 Å². The Labute approximate surface area is 126 Å². The number of unbranched alkanes of at least 4 members (excludes halogenated alkanes) is 1. The van der Waals surface area contributed by atoms with Gasteiger partial charge < -0.3 is 10.2 Å². The van der Waals surface area contributed by atoms with Gasteiger partial charge in [-0.3, -0.25) is 9.59 Å². The normalized spacial score (nSPS) is 22.3. The molecule has 0 bridgehead atoms. The van der Waals surface area contributed by atoms with E-state index in [9.17, 15) is 9.59 Å². The molecule has 2 atom stereocenters. The molecule has 1 aromatic carbocycles. The maximum absolute atomic E-state index is 12.3. The van der Waals surface area contributed by atoms with Gasteiger partial charge in [0.15, 0.2) is 0 Å². The van der Waals surface area contributed by atoms with E-state index in [-0.39, 0.29) is 23.9 Å². The number of amides is 2. The summed E-state index contributed by atoms with van der Waals surface area (Å²) in [5.41, 5.74) is 1.32. The zero-order valence-corrected chi connectivity index (χ0v) is 12.8. The first-order valence-corrected chi connectivity index (χ1v) is 7.78. The Morgan fingerprint density at radius 3 is 2.52 bits per heavy atom. The van der Waals surface area contributed by atoms with Gasteiger partial charge in [0.2, 0.25) is 11.8 Å². The van der Waals surface area contributed by atoms with E-state index in [1.54, 1.807) is 11.8 Å². The highest BCUT2D eigenvalue weighted by Crippen LogP contribution is 2.14. The van der Waals surface area contributed by atoms with Crippen LogP contribution in [0, 0.1) is 0 Å². The first-order chi connectivity index (χ1) is 10.1. The van der Waals surface area contributed by atoms with E-state index in [1.807, 2.05) is 25.1 Å². The van der Waals surface area contributed by atoms with Crippen molar-refractivity contribution in [3.8, 4) is 0 Å². The highest BCUT2D eigenvalue weighted by atomic mass is 16.2. The van der Waals surface area contributed by atoms with Gasteiger partial charge >= 0.3 is 0 Å². The lowest BCUT2D eigenvalue weighted by Crippen LogP contribution is -2.62. The van der Waals surface area contributed by atoms with Crippen LogP contribution >= 0.6 is 0 Å². The summed E-state index contributed by atoms with van der Waals surface area (Å²) in [6.45, 7) is 4.39. The van der Waals surface area contributed by atoms with E-state index >= 15 is 0 Å². The number of hydrogen-bond acceptors (Lipinski definition) is 2. The predicted molar refractivity (Wildman–Crippen MR) is 82.8 cm³/mol. The number of benzene rings is 1. The molecule has 1 heterocycles. The smallest absolute Gasteiger partial charge is 0.245 e. The second kappa shape index (κ2) is 7.25. The molecule has 2 amide bonds. The first-order valence-electron chi connectivity index (χ1n) is 7.78. The van der Waals surface area contributed by atoms with Crippen LogP contribution in [-0.4, -0.2) is 35.3 Å². The van der Waals surface area contributed by atoms with Crippen LogP contribution in [0.1, 0.15) is 38.7 Å². The second-order valence-corrected chi connectivity index (χ2v) is 5.62. The van der Waals surface area contributed by atoms with Crippen LogP contribution in [-0.2, 0) is 16.0 Å². The fourth-order valence-corrected chi connectivity index (χ4v) is 2.72. The van der Waals surface area contributed by atoms with E-state index in [1.165, 1.54) is 5.56 Å². The topological polar surface area (TPSA) is 49.4 Å². The van der Waals surface area contributed by atoms with Gasteiger partial charge in [-0.15, -0.1) is 0 Å². The SMILES string of the molecule is CCC1NC(=O)C(C)N(CCCCc2ccccc2)C1=O.